The summed E-state index contributed by atoms with van der Waals surface area (Å²) in [5.74, 6) is 3.11. The summed E-state index contributed by atoms with van der Waals surface area (Å²) in [4.78, 5) is 16.7. The Balaban J connectivity index is 1.83. The molecule has 21 heavy (non-hydrogen) atoms. The van der Waals surface area contributed by atoms with Gasteiger partial charge in [-0.2, -0.15) is 0 Å². The molecule has 3 rings (SSSR count). The molecule has 0 N–H and O–H groups in total. The van der Waals surface area contributed by atoms with Gasteiger partial charge in [-0.15, -0.1) is 0 Å². The van der Waals surface area contributed by atoms with Crippen LogP contribution in [0.3, 0.4) is 0 Å². The standard InChI is InChI=1S/C17H25NO3/c1-4-20-17(19)15-13(9-10(2)3)18-16(21-15)14-11-7-5-6-8-12(11)14/h10-12,14H,4-9H2,1-3H3. The van der Waals surface area contributed by atoms with Crippen molar-refractivity contribution in [3.05, 3.63) is 17.3 Å². The SMILES string of the molecule is CCOC(=O)c1oc(C2C3CCCCC32)nc1CC(C)C. The van der Waals surface area contributed by atoms with E-state index in [4.69, 9.17) is 9.15 Å². The molecule has 116 valence electrons. The van der Waals surface area contributed by atoms with E-state index in [1.165, 1.54) is 25.7 Å². The van der Waals surface area contributed by atoms with Gasteiger partial charge in [0.05, 0.1) is 12.3 Å². The smallest absolute Gasteiger partial charge is 0.376 e. The predicted molar refractivity (Wildman–Crippen MR) is 79.2 cm³/mol. The summed E-state index contributed by atoms with van der Waals surface area (Å²) in [6, 6.07) is 0. The van der Waals surface area contributed by atoms with Gasteiger partial charge in [0.2, 0.25) is 5.76 Å². The van der Waals surface area contributed by atoms with Crippen molar-refractivity contribution in [2.24, 2.45) is 17.8 Å². The van der Waals surface area contributed by atoms with Crippen LogP contribution >= 0.6 is 0 Å². The zero-order valence-corrected chi connectivity index (χ0v) is 13.2. The number of carbonyl (C=O) groups is 1. The maximum absolute atomic E-state index is 12.1. The van der Waals surface area contributed by atoms with Gasteiger partial charge in [0.25, 0.3) is 0 Å². The monoisotopic (exact) mass is 291 g/mol. The fourth-order valence-corrected chi connectivity index (χ4v) is 3.75. The first-order valence-electron chi connectivity index (χ1n) is 8.28. The van der Waals surface area contributed by atoms with Crippen molar-refractivity contribution in [2.45, 2.75) is 58.8 Å². The molecule has 2 saturated carbocycles. The first kappa shape index (κ1) is 14.6. The molecule has 4 nitrogen and oxygen atoms in total. The van der Waals surface area contributed by atoms with Crippen LogP contribution in [0.4, 0.5) is 0 Å². The van der Waals surface area contributed by atoms with Gasteiger partial charge >= 0.3 is 5.97 Å². The predicted octanol–water partition coefficient (Wildman–Crippen LogP) is 3.95. The summed E-state index contributed by atoms with van der Waals surface area (Å²) >= 11 is 0. The molecule has 0 aromatic carbocycles. The molecule has 1 aromatic heterocycles. The Kier molecular flexibility index (Phi) is 4.05. The van der Waals surface area contributed by atoms with Crippen LogP contribution in [0.15, 0.2) is 4.42 Å². The van der Waals surface area contributed by atoms with E-state index in [1.807, 2.05) is 6.92 Å². The van der Waals surface area contributed by atoms with E-state index in [0.717, 1.165) is 29.8 Å². The van der Waals surface area contributed by atoms with Gasteiger partial charge in [-0.05, 0) is 43.9 Å². The third kappa shape index (κ3) is 2.85. The van der Waals surface area contributed by atoms with Crippen LogP contribution in [-0.2, 0) is 11.2 Å². The average Bonchev–Trinajstić information content (AvgIpc) is 3.03. The third-order valence-electron chi connectivity index (χ3n) is 4.72. The van der Waals surface area contributed by atoms with Gasteiger partial charge < -0.3 is 9.15 Å². The Morgan fingerprint density at radius 2 is 2.00 bits per heavy atom. The van der Waals surface area contributed by atoms with Crippen LogP contribution in [-0.4, -0.2) is 17.6 Å². The number of ether oxygens (including phenoxy) is 1. The molecular weight excluding hydrogens is 266 g/mol. The number of rotatable bonds is 5. The Bertz CT molecular complexity index is 508. The second-order valence-corrected chi connectivity index (χ2v) is 6.78. The van der Waals surface area contributed by atoms with Gasteiger partial charge in [-0.3, -0.25) is 0 Å². The highest BCUT2D eigenvalue weighted by atomic mass is 16.5. The largest absolute Gasteiger partial charge is 0.460 e. The molecule has 2 fully saturated rings. The summed E-state index contributed by atoms with van der Waals surface area (Å²) in [7, 11) is 0. The zero-order chi connectivity index (χ0) is 15.0. The minimum Gasteiger partial charge on any atom is -0.460 e. The number of esters is 1. The van der Waals surface area contributed by atoms with Crippen LogP contribution in [0.1, 0.15) is 74.5 Å². The summed E-state index contributed by atoms with van der Waals surface area (Å²) in [6.45, 7) is 6.43. The fraction of sp³-hybridized carbons (Fsp3) is 0.765. The molecule has 1 heterocycles. The molecule has 2 aliphatic carbocycles. The highest BCUT2D eigenvalue weighted by Crippen LogP contribution is 2.61. The average molecular weight is 291 g/mol. The number of hydrogen-bond donors (Lipinski definition) is 0. The number of hydrogen-bond acceptors (Lipinski definition) is 4. The number of oxazole rings is 1. The molecule has 0 radical (unpaired) electrons. The van der Waals surface area contributed by atoms with Crippen LogP contribution in [0.5, 0.6) is 0 Å². The first-order valence-corrected chi connectivity index (χ1v) is 8.28. The second-order valence-electron chi connectivity index (χ2n) is 6.78. The molecule has 0 amide bonds. The summed E-state index contributed by atoms with van der Waals surface area (Å²) in [5, 5.41) is 0. The lowest BCUT2D eigenvalue weighted by molar-refractivity contribution is 0.0486. The Hall–Kier alpha value is -1.32. The van der Waals surface area contributed by atoms with Crippen molar-refractivity contribution < 1.29 is 13.9 Å². The lowest BCUT2D eigenvalue weighted by Crippen LogP contribution is -2.08. The number of carbonyl (C=O) groups excluding carboxylic acids is 1. The highest BCUT2D eigenvalue weighted by molar-refractivity contribution is 5.87. The van der Waals surface area contributed by atoms with Crippen molar-refractivity contribution >= 4 is 5.97 Å². The van der Waals surface area contributed by atoms with Crippen molar-refractivity contribution in [1.82, 2.24) is 4.98 Å². The summed E-state index contributed by atoms with van der Waals surface area (Å²) < 4.78 is 11.0. The van der Waals surface area contributed by atoms with Crippen molar-refractivity contribution in [3.8, 4) is 0 Å². The Labute approximate surface area is 126 Å². The van der Waals surface area contributed by atoms with Crippen LogP contribution in [0.2, 0.25) is 0 Å². The van der Waals surface area contributed by atoms with Gasteiger partial charge in [-0.25, -0.2) is 9.78 Å². The first-order chi connectivity index (χ1) is 10.1. The van der Waals surface area contributed by atoms with Crippen LogP contribution < -0.4 is 0 Å². The third-order valence-corrected chi connectivity index (χ3v) is 4.72. The van der Waals surface area contributed by atoms with Gasteiger partial charge in [0, 0.05) is 5.92 Å². The van der Waals surface area contributed by atoms with E-state index in [-0.39, 0.29) is 5.97 Å². The molecule has 0 saturated heterocycles. The van der Waals surface area contributed by atoms with Gasteiger partial charge in [0.15, 0.2) is 5.89 Å². The van der Waals surface area contributed by atoms with Gasteiger partial charge in [0.1, 0.15) is 0 Å². The van der Waals surface area contributed by atoms with E-state index >= 15 is 0 Å². The number of fused-ring (bicyclic) bond motifs is 1. The summed E-state index contributed by atoms with van der Waals surface area (Å²) in [5.41, 5.74) is 0.780. The fourth-order valence-electron chi connectivity index (χ4n) is 3.75. The Morgan fingerprint density at radius 3 is 2.57 bits per heavy atom. The summed E-state index contributed by atoms with van der Waals surface area (Å²) in [6.07, 6.45) is 5.97. The van der Waals surface area contributed by atoms with Crippen LogP contribution in [0.25, 0.3) is 0 Å². The molecule has 2 unspecified atom stereocenters. The Morgan fingerprint density at radius 1 is 1.33 bits per heavy atom. The lowest BCUT2D eigenvalue weighted by atomic mass is 10.0. The number of nitrogens with zero attached hydrogens (tertiary/aromatic N) is 1. The van der Waals surface area contributed by atoms with Crippen LogP contribution in [0, 0.1) is 17.8 Å². The second kappa shape index (κ2) is 5.82. The maximum atomic E-state index is 12.1. The van der Waals surface area contributed by atoms with E-state index in [2.05, 4.69) is 18.8 Å². The van der Waals surface area contributed by atoms with Gasteiger partial charge in [-0.1, -0.05) is 26.7 Å². The van der Waals surface area contributed by atoms with Crippen molar-refractivity contribution in [1.29, 1.82) is 0 Å². The van der Waals surface area contributed by atoms with E-state index in [0.29, 0.717) is 24.2 Å². The molecule has 0 spiro atoms. The maximum Gasteiger partial charge on any atom is 0.376 e. The van der Waals surface area contributed by atoms with Crippen molar-refractivity contribution in [2.75, 3.05) is 6.61 Å². The molecule has 0 aliphatic heterocycles. The molecule has 4 heteroatoms. The lowest BCUT2D eigenvalue weighted by Gasteiger charge is -2.04. The zero-order valence-electron chi connectivity index (χ0n) is 13.2. The minimum absolute atomic E-state index is 0.337. The normalized spacial score (nSPS) is 27.5. The molecular formula is C17H25NO3. The van der Waals surface area contributed by atoms with E-state index < -0.39 is 0 Å². The van der Waals surface area contributed by atoms with E-state index in [9.17, 15) is 4.79 Å². The van der Waals surface area contributed by atoms with E-state index in [1.54, 1.807) is 0 Å². The molecule has 2 aliphatic rings. The quantitative estimate of drug-likeness (QED) is 0.771. The molecule has 1 aromatic rings. The minimum atomic E-state index is -0.365. The topological polar surface area (TPSA) is 52.3 Å². The highest BCUT2D eigenvalue weighted by Gasteiger charge is 2.54. The number of aromatic nitrogens is 1. The van der Waals surface area contributed by atoms with Crippen molar-refractivity contribution in [3.63, 3.8) is 0 Å². The molecule has 2 atom stereocenters. The molecule has 0 bridgehead atoms.